The molecular weight excluding hydrogens is 292 g/mol. The molecule has 2 aliphatic rings. The molecule has 0 aromatic carbocycles. The molecule has 7 nitrogen and oxygen atoms in total. The highest BCUT2D eigenvalue weighted by Crippen LogP contribution is 2.28. The van der Waals surface area contributed by atoms with E-state index >= 15 is 0 Å². The molecule has 0 saturated carbocycles. The summed E-state index contributed by atoms with van der Waals surface area (Å²) in [5, 5.41) is 2.90. The van der Waals surface area contributed by atoms with Crippen molar-refractivity contribution in [2.45, 2.75) is 44.8 Å². The topological polar surface area (TPSA) is 84.4 Å². The third-order valence-electron chi connectivity index (χ3n) is 3.67. The Hall–Kier alpha value is -1.54. The van der Waals surface area contributed by atoms with Crippen LogP contribution in [0, 0.1) is 0 Å². The molecule has 8 heteroatoms. The fourth-order valence-corrected chi connectivity index (χ4v) is 3.26. The van der Waals surface area contributed by atoms with Crippen molar-refractivity contribution in [1.82, 2.24) is 14.3 Å². The summed E-state index contributed by atoms with van der Waals surface area (Å²) in [7, 11) is 0. The van der Waals surface area contributed by atoms with Gasteiger partial charge in [0.1, 0.15) is 5.82 Å². The molecule has 0 aliphatic carbocycles. The third kappa shape index (κ3) is 2.77. The molecule has 2 fully saturated rings. The Morgan fingerprint density at radius 2 is 2.19 bits per heavy atom. The number of amides is 2. The van der Waals surface area contributed by atoms with Gasteiger partial charge in [0, 0.05) is 23.5 Å². The molecule has 21 heavy (non-hydrogen) atoms. The summed E-state index contributed by atoms with van der Waals surface area (Å²) < 4.78 is 9.63. The van der Waals surface area contributed by atoms with Gasteiger partial charge in [0.2, 0.25) is 5.13 Å². The molecule has 1 aromatic rings. The summed E-state index contributed by atoms with van der Waals surface area (Å²) in [5.41, 5.74) is -0.186. The molecule has 1 aromatic heterocycles. The molecule has 2 atom stereocenters. The van der Waals surface area contributed by atoms with Gasteiger partial charge in [0.05, 0.1) is 18.8 Å². The van der Waals surface area contributed by atoms with Crippen molar-refractivity contribution in [3.63, 3.8) is 0 Å². The molecule has 1 N–H and O–H groups in total. The first-order valence-corrected chi connectivity index (χ1v) is 7.69. The lowest BCUT2D eigenvalue weighted by molar-refractivity contribution is -0.146. The molecule has 0 radical (unpaired) electrons. The third-order valence-corrected chi connectivity index (χ3v) is 4.30. The van der Waals surface area contributed by atoms with Gasteiger partial charge in [-0.05, 0) is 6.42 Å². The number of carbonyl (C=O) groups is 2. The predicted octanol–water partition coefficient (Wildman–Crippen LogP) is 0.774. The van der Waals surface area contributed by atoms with Crippen molar-refractivity contribution < 1.29 is 14.3 Å². The Morgan fingerprint density at radius 3 is 2.71 bits per heavy atom. The molecule has 3 heterocycles. The van der Waals surface area contributed by atoms with Crippen molar-refractivity contribution in [1.29, 1.82) is 0 Å². The van der Waals surface area contributed by atoms with Crippen LogP contribution in [0.2, 0.25) is 0 Å². The lowest BCUT2D eigenvalue weighted by Gasteiger charge is -2.25. The maximum absolute atomic E-state index is 12.2. The van der Waals surface area contributed by atoms with E-state index in [0.29, 0.717) is 24.1 Å². The number of nitrogens with zero attached hydrogens (tertiary/aromatic N) is 3. The summed E-state index contributed by atoms with van der Waals surface area (Å²) in [6.45, 7) is 7.00. The first kappa shape index (κ1) is 14.4. The lowest BCUT2D eigenvalue weighted by Crippen LogP contribution is -2.46. The zero-order valence-electron chi connectivity index (χ0n) is 12.3. The van der Waals surface area contributed by atoms with Gasteiger partial charge in [-0.1, -0.05) is 20.8 Å². The van der Waals surface area contributed by atoms with Crippen LogP contribution in [0.15, 0.2) is 0 Å². The van der Waals surface area contributed by atoms with Gasteiger partial charge < -0.3 is 9.64 Å². The molecule has 2 bridgehead atoms. The standard InChI is InChI=1S/C13H18N4O3S/c1-13(2,3)11-15-12(21-16-11)14-9(18)10(19)17-5-8-4-7(17)6-20-8/h7-8H,4-6H2,1-3H3,(H,14,15,16,18)/t7-,8-/m1/s1. The number of likely N-dealkylation sites (tertiary alicyclic amines) is 1. The molecule has 114 valence electrons. The van der Waals surface area contributed by atoms with E-state index in [0.717, 1.165) is 18.0 Å². The summed E-state index contributed by atoms with van der Waals surface area (Å²) in [6.07, 6.45) is 0.909. The minimum absolute atomic E-state index is 0.0350. The van der Waals surface area contributed by atoms with E-state index in [-0.39, 0.29) is 17.6 Å². The van der Waals surface area contributed by atoms with Crippen molar-refractivity contribution in [2.24, 2.45) is 0 Å². The predicted molar refractivity (Wildman–Crippen MR) is 77.1 cm³/mol. The monoisotopic (exact) mass is 310 g/mol. The molecule has 2 saturated heterocycles. The fourth-order valence-electron chi connectivity index (χ4n) is 2.51. The second kappa shape index (κ2) is 5.03. The van der Waals surface area contributed by atoms with Crippen LogP contribution in [-0.4, -0.2) is 51.4 Å². The zero-order valence-corrected chi connectivity index (χ0v) is 13.1. The Morgan fingerprint density at radius 1 is 1.43 bits per heavy atom. The Balaban J connectivity index is 1.64. The van der Waals surface area contributed by atoms with Gasteiger partial charge in [-0.3, -0.25) is 14.9 Å². The largest absolute Gasteiger partial charge is 0.374 e. The Bertz CT molecular complexity index is 580. The fraction of sp³-hybridized carbons (Fsp3) is 0.692. The Kier molecular flexibility index (Phi) is 3.45. The first-order chi connectivity index (χ1) is 9.84. The average Bonchev–Trinajstić information content (AvgIpc) is 3.12. The second-order valence-corrected chi connectivity index (χ2v) is 7.18. The van der Waals surface area contributed by atoms with E-state index in [1.165, 1.54) is 0 Å². The second-order valence-electron chi connectivity index (χ2n) is 6.43. The van der Waals surface area contributed by atoms with Crippen LogP contribution in [0.25, 0.3) is 0 Å². The minimum atomic E-state index is -0.654. The highest BCUT2D eigenvalue weighted by molar-refractivity contribution is 7.10. The van der Waals surface area contributed by atoms with Gasteiger partial charge in [0.15, 0.2) is 0 Å². The van der Waals surface area contributed by atoms with Crippen molar-refractivity contribution in [3.05, 3.63) is 5.82 Å². The van der Waals surface area contributed by atoms with Crippen molar-refractivity contribution >= 4 is 28.5 Å². The van der Waals surface area contributed by atoms with Crippen LogP contribution in [0.5, 0.6) is 0 Å². The smallest absolute Gasteiger partial charge is 0.315 e. The van der Waals surface area contributed by atoms with E-state index in [4.69, 9.17) is 4.74 Å². The molecule has 2 aliphatic heterocycles. The molecule has 0 unspecified atom stereocenters. The van der Waals surface area contributed by atoms with Crippen LogP contribution in [0.1, 0.15) is 33.0 Å². The number of fused-ring (bicyclic) bond motifs is 2. The molecule has 0 spiro atoms. The number of hydrogen-bond donors (Lipinski definition) is 1. The zero-order chi connectivity index (χ0) is 15.2. The quantitative estimate of drug-likeness (QED) is 0.775. The average molecular weight is 310 g/mol. The number of aromatic nitrogens is 2. The highest BCUT2D eigenvalue weighted by Gasteiger charge is 2.43. The maximum Gasteiger partial charge on any atom is 0.315 e. The number of ether oxygens (including phenoxy) is 1. The molecule has 2 amide bonds. The summed E-state index contributed by atoms with van der Waals surface area (Å²) in [4.78, 5) is 30.0. The maximum atomic E-state index is 12.2. The number of nitrogens with one attached hydrogen (secondary N) is 1. The van der Waals surface area contributed by atoms with Crippen LogP contribution >= 0.6 is 11.5 Å². The van der Waals surface area contributed by atoms with Crippen LogP contribution in [0.4, 0.5) is 5.13 Å². The highest BCUT2D eigenvalue weighted by atomic mass is 32.1. The summed E-state index contributed by atoms with van der Waals surface area (Å²) in [6, 6.07) is 0.0350. The van der Waals surface area contributed by atoms with E-state index < -0.39 is 11.8 Å². The van der Waals surface area contributed by atoms with E-state index in [1.807, 2.05) is 20.8 Å². The van der Waals surface area contributed by atoms with Gasteiger partial charge in [-0.15, -0.1) is 0 Å². The number of hydrogen-bond acceptors (Lipinski definition) is 6. The summed E-state index contributed by atoms with van der Waals surface area (Å²) >= 11 is 1.09. The molecule has 3 rings (SSSR count). The van der Waals surface area contributed by atoms with Gasteiger partial charge in [-0.2, -0.15) is 4.37 Å². The van der Waals surface area contributed by atoms with Crippen molar-refractivity contribution in [2.75, 3.05) is 18.5 Å². The van der Waals surface area contributed by atoms with Crippen molar-refractivity contribution in [3.8, 4) is 0 Å². The first-order valence-electron chi connectivity index (χ1n) is 6.92. The van der Waals surface area contributed by atoms with Crippen LogP contribution in [-0.2, 0) is 19.7 Å². The van der Waals surface area contributed by atoms with Gasteiger partial charge in [-0.25, -0.2) is 4.98 Å². The minimum Gasteiger partial charge on any atom is -0.374 e. The number of carbonyl (C=O) groups excluding carboxylic acids is 2. The number of morpholine rings is 1. The van der Waals surface area contributed by atoms with E-state index in [2.05, 4.69) is 14.7 Å². The normalized spacial score (nSPS) is 24.4. The summed E-state index contributed by atoms with van der Waals surface area (Å²) in [5.74, 6) is -0.513. The van der Waals surface area contributed by atoms with E-state index in [1.54, 1.807) is 4.90 Å². The number of rotatable bonds is 1. The Labute approximate surface area is 126 Å². The SMILES string of the molecule is CC(C)(C)c1nsc(NC(=O)C(=O)N2C[C@H]3C[C@@H]2CO3)n1. The number of anilines is 1. The van der Waals surface area contributed by atoms with E-state index in [9.17, 15) is 9.59 Å². The van der Waals surface area contributed by atoms with Gasteiger partial charge in [0.25, 0.3) is 0 Å². The van der Waals surface area contributed by atoms with Gasteiger partial charge >= 0.3 is 11.8 Å². The lowest BCUT2D eigenvalue weighted by atomic mass is 9.96. The van der Waals surface area contributed by atoms with Crippen LogP contribution in [0.3, 0.4) is 0 Å². The molecular formula is C13H18N4O3S. The van der Waals surface area contributed by atoms with Crippen LogP contribution < -0.4 is 5.32 Å².